The van der Waals surface area contributed by atoms with Crippen LogP contribution in [0.4, 0.5) is 0 Å². The van der Waals surface area contributed by atoms with Crippen LogP contribution >= 0.6 is 11.6 Å². The molecule has 1 heterocycles. The normalized spacial score (nSPS) is 16.1. The van der Waals surface area contributed by atoms with Crippen molar-refractivity contribution < 1.29 is 19.4 Å². The molecule has 0 spiro atoms. The van der Waals surface area contributed by atoms with Crippen molar-refractivity contribution in [2.75, 3.05) is 27.3 Å². The largest absolute Gasteiger partial charge is 0.493 e. The van der Waals surface area contributed by atoms with Crippen molar-refractivity contribution in [2.24, 2.45) is 0 Å². The minimum atomic E-state index is -0.294. The molecule has 0 atom stereocenters. The first-order chi connectivity index (χ1) is 10.5. The molecule has 22 heavy (non-hydrogen) atoms. The number of ether oxygens (including phenoxy) is 2. The first-order valence-electron chi connectivity index (χ1n) is 7.11. The molecule has 1 saturated heterocycles. The Balaban J connectivity index is 2.09. The molecule has 1 N–H and O–H groups in total. The third-order valence-electron chi connectivity index (χ3n) is 3.65. The SMILES string of the molecule is COc1cc(/C=C/C(=O)N2CCC(O)CC2)cc(Cl)c1OC. The van der Waals surface area contributed by atoms with Crippen LogP contribution in [0.1, 0.15) is 18.4 Å². The van der Waals surface area contributed by atoms with Gasteiger partial charge in [0.15, 0.2) is 11.5 Å². The highest BCUT2D eigenvalue weighted by molar-refractivity contribution is 6.32. The van der Waals surface area contributed by atoms with Gasteiger partial charge in [0.1, 0.15) is 0 Å². The van der Waals surface area contributed by atoms with E-state index in [1.54, 1.807) is 23.1 Å². The van der Waals surface area contributed by atoms with E-state index < -0.39 is 0 Å². The molecular formula is C16H20ClNO4. The number of methoxy groups -OCH3 is 2. The van der Waals surface area contributed by atoms with Gasteiger partial charge in [-0.15, -0.1) is 0 Å². The molecule has 1 aliphatic heterocycles. The van der Waals surface area contributed by atoms with Gasteiger partial charge >= 0.3 is 0 Å². The number of likely N-dealkylation sites (tertiary alicyclic amines) is 1. The third-order valence-corrected chi connectivity index (χ3v) is 3.93. The molecule has 0 radical (unpaired) electrons. The molecule has 1 aromatic carbocycles. The smallest absolute Gasteiger partial charge is 0.246 e. The van der Waals surface area contributed by atoms with Crippen LogP contribution in [0.2, 0.25) is 5.02 Å². The van der Waals surface area contributed by atoms with Crippen LogP contribution in [0.5, 0.6) is 11.5 Å². The summed E-state index contributed by atoms with van der Waals surface area (Å²) in [7, 11) is 3.05. The fraction of sp³-hybridized carbons (Fsp3) is 0.438. The van der Waals surface area contributed by atoms with Crippen molar-refractivity contribution in [1.29, 1.82) is 0 Å². The van der Waals surface area contributed by atoms with Crippen molar-refractivity contribution in [3.63, 3.8) is 0 Å². The number of aliphatic hydroxyl groups is 1. The number of rotatable bonds is 4. The molecule has 6 heteroatoms. The second-order valence-corrected chi connectivity index (χ2v) is 5.54. The highest BCUT2D eigenvalue weighted by atomic mass is 35.5. The van der Waals surface area contributed by atoms with E-state index in [4.69, 9.17) is 21.1 Å². The van der Waals surface area contributed by atoms with E-state index in [1.165, 1.54) is 20.3 Å². The Morgan fingerprint density at radius 2 is 2.00 bits per heavy atom. The number of benzene rings is 1. The molecule has 2 rings (SSSR count). The summed E-state index contributed by atoms with van der Waals surface area (Å²) in [5.41, 5.74) is 0.757. The maximum atomic E-state index is 12.1. The fourth-order valence-corrected chi connectivity index (χ4v) is 2.69. The standard InChI is InChI=1S/C16H20ClNO4/c1-21-14-10-11(9-13(17)16(14)22-2)3-4-15(20)18-7-5-12(19)6-8-18/h3-4,9-10,12,19H,5-8H2,1-2H3/b4-3+. The highest BCUT2D eigenvalue weighted by Crippen LogP contribution is 2.36. The van der Waals surface area contributed by atoms with E-state index >= 15 is 0 Å². The lowest BCUT2D eigenvalue weighted by molar-refractivity contribution is -0.127. The summed E-state index contributed by atoms with van der Waals surface area (Å²) in [6.07, 6.45) is 4.16. The molecule has 0 unspecified atom stereocenters. The van der Waals surface area contributed by atoms with Gasteiger partial charge in [-0.25, -0.2) is 0 Å². The van der Waals surface area contributed by atoms with Gasteiger partial charge in [0.25, 0.3) is 0 Å². The van der Waals surface area contributed by atoms with E-state index in [-0.39, 0.29) is 12.0 Å². The van der Waals surface area contributed by atoms with Crippen LogP contribution in [0.25, 0.3) is 6.08 Å². The molecule has 0 saturated carbocycles. The van der Waals surface area contributed by atoms with E-state index in [1.807, 2.05) is 0 Å². The van der Waals surface area contributed by atoms with Gasteiger partial charge in [0, 0.05) is 19.2 Å². The molecule has 120 valence electrons. The summed E-state index contributed by atoms with van der Waals surface area (Å²) in [5.74, 6) is 0.915. The zero-order chi connectivity index (χ0) is 16.1. The van der Waals surface area contributed by atoms with Crippen LogP contribution < -0.4 is 9.47 Å². The summed E-state index contributed by atoms with van der Waals surface area (Å²) in [6.45, 7) is 1.16. The van der Waals surface area contributed by atoms with Gasteiger partial charge in [0.05, 0.1) is 25.3 Å². The average Bonchev–Trinajstić information content (AvgIpc) is 2.52. The number of carbonyl (C=O) groups excluding carboxylic acids is 1. The van der Waals surface area contributed by atoms with Crippen molar-refractivity contribution in [3.05, 3.63) is 28.8 Å². The molecule has 0 bridgehead atoms. The molecular weight excluding hydrogens is 306 g/mol. The molecule has 0 aromatic heterocycles. The summed E-state index contributed by atoms with van der Waals surface area (Å²) < 4.78 is 10.4. The molecule has 0 aliphatic carbocycles. The van der Waals surface area contributed by atoms with Crippen LogP contribution in [0, 0.1) is 0 Å². The number of halogens is 1. The first-order valence-corrected chi connectivity index (χ1v) is 7.49. The Morgan fingerprint density at radius 3 is 2.59 bits per heavy atom. The second-order valence-electron chi connectivity index (χ2n) is 5.13. The molecule has 5 nitrogen and oxygen atoms in total. The monoisotopic (exact) mass is 325 g/mol. The predicted molar refractivity (Wildman–Crippen MR) is 85.4 cm³/mol. The predicted octanol–water partition coefficient (Wildman–Crippen LogP) is 2.35. The average molecular weight is 326 g/mol. The number of carbonyl (C=O) groups is 1. The Hall–Kier alpha value is -1.72. The zero-order valence-electron chi connectivity index (χ0n) is 12.7. The Labute approximate surface area is 135 Å². The lowest BCUT2D eigenvalue weighted by atomic mass is 10.1. The third kappa shape index (κ3) is 3.93. The summed E-state index contributed by atoms with van der Waals surface area (Å²) in [4.78, 5) is 13.8. The van der Waals surface area contributed by atoms with Crippen LogP contribution in [-0.2, 0) is 4.79 Å². The van der Waals surface area contributed by atoms with E-state index in [9.17, 15) is 9.90 Å². The Morgan fingerprint density at radius 1 is 1.32 bits per heavy atom. The van der Waals surface area contributed by atoms with Gasteiger partial charge in [-0.1, -0.05) is 11.6 Å². The van der Waals surface area contributed by atoms with Crippen molar-refractivity contribution in [2.45, 2.75) is 18.9 Å². The number of aliphatic hydroxyl groups excluding tert-OH is 1. The zero-order valence-corrected chi connectivity index (χ0v) is 13.5. The summed E-state index contributed by atoms with van der Waals surface area (Å²) >= 11 is 6.13. The number of piperidine rings is 1. The molecule has 1 aromatic rings. The molecule has 1 amide bonds. The fourth-order valence-electron chi connectivity index (χ4n) is 2.39. The number of amides is 1. The van der Waals surface area contributed by atoms with Gasteiger partial charge in [-0.2, -0.15) is 0 Å². The van der Waals surface area contributed by atoms with E-state index in [2.05, 4.69) is 0 Å². The van der Waals surface area contributed by atoms with E-state index in [0.717, 1.165) is 5.56 Å². The minimum Gasteiger partial charge on any atom is -0.493 e. The van der Waals surface area contributed by atoms with E-state index in [0.29, 0.717) is 42.5 Å². The lowest BCUT2D eigenvalue weighted by Crippen LogP contribution is -2.39. The van der Waals surface area contributed by atoms with Gasteiger partial charge < -0.3 is 19.5 Å². The summed E-state index contributed by atoms with van der Waals surface area (Å²) in [5, 5.41) is 9.88. The number of hydrogen-bond donors (Lipinski definition) is 1. The topological polar surface area (TPSA) is 59.0 Å². The Bertz CT molecular complexity index is 566. The lowest BCUT2D eigenvalue weighted by Gasteiger charge is -2.28. The maximum Gasteiger partial charge on any atom is 0.246 e. The maximum absolute atomic E-state index is 12.1. The van der Waals surface area contributed by atoms with Crippen molar-refractivity contribution in [3.8, 4) is 11.5 Å². The molecule has 1 fully saturated rings. The van der Waals surface area contributed by atoms with Crippen LogP contribution in [0.15, 0.2) is 18.2 Å². The highest BCUT2D eigenvalue weighted by Gasteiger charge is 2.19. The van der Waals surface area contributed by atoms with Gasteiger partial charge in [0.2, 0.25) is 5.91 Å². The van der Waals surface area contributed by atoms with Crippen LogP contribution in [0.3, 0.4) is 0 Å². The van der Waals surface area contributed by atoms with Crippen LogP contribution in [-0.4, -0.2) is 49.3 Å². The van der Waals surface area contributed by atoms with Gasteiger partial charge in [-0.05, 0) is 36.6 Å². The minimum absolute atomic E-state index is 0.0715. The Kier molecular flexibility index (Phi) is 5.69. The second kappa shape index (κ2) is 7.51. The quantitative estimate of drug-likeness (QED) is 0.863. The van der Waals surface area contributed by atoms with Gasteiger partial charge in [-0.3, -0.25) is 4.79 Å². The summed E-state index contributed by atoms with van der Waals surface area (Å²) in [6, 6.07) is 3.47. The van der Waals surface area contributed by atoms with Crippen molar-refractivity contribution in [1.82, 2.24) is 4.90 Å². The molecule has 1 aliphatic rings. The first kappa shape index (κ1) is 16.6. The number of nitrogens with zero attached hydrogens (tertiary/aromatic N) is 1. The number of hydrogen-bond acceptors (Lipinski definition) is 4. The van der Waals surface area contributed by atoms with Crippen molar-refractivity contribution >= 4 is 23.6 Å².